The molecule has 2 fully saturated rings. The molecule has 16 heteroatoms. The van der Waals surface area contributed by atoms with Crippen molar-refractivity contribution >= 4 is 11.8 Å². The predicted molar refractivity (Wildman–Crippen MR) is 228 cm³/mol. The Labute approximate surface area is 367 Å². The third-order valence-electron chi connectivity index (χ3n) is 12.5. The number of hydrogen-bond acceptors (Lipinski definition) is 16. The van der Waals surface area contributed by atoms with Gasteiger partial charge in [-0.2, -0.15) is 0 Å². The van der Waals surface area contributed by atoms with E-state index in [0.717, 1.165) is 5.57 Å². The first kappa shape index (κ1) is 51.6. The summed E-state index contributed by atoms with van der Waals surface area (Å²) in [5.41, 5.74) is 0.724. The maximum atomic E-state index is 13.9. The van der Waals surface area contributed by atoms with Crippen molar-refractivity contribution in [3.8, 4) is 11.5 Å². The lowest BCUT2D eigenvalue weighted by atomic mass is 9.79. The van der Waals surface area contributed by atoms with Crippen LogP contribution in [-0.2, 0) is 42.7 Å². The second-order valence-electron chi connectivity index (χ2n) is 17.3. The van der Waals surface area contributed by atoms with Gasteiger partial charge in [0, 0.05) is 32.0 Å². The van der Waals surface area contributed by atoms with Crippen molar-refractivity contribution in [1.29, 1.82) is 0 Å². The zero-order valence-corrected chi connectivity index (χ0v) is 38.3. The van der Waals surface area contributed by atoms with Crippen molar-refractivity contribution in [1.82, 2.24) is 4.90 Å². The summed E-state index contributed by atoms with van der Waals surface area (Å²) in [6, 6.07) is 6.43. The van der Waals surface area contributed by atoms with E-state index < -0.39 is 109 Å². The van der Waals surface area contributed by atoms with Gasteiger partial charge in [-0.3, -0.25) is 9.59 Å². The number of carbonyl (C=O) groups is 2. The first-order chi connectivity index (χ1) is 29.4. The highest BCUT2D eigenvalue weighted by molar-refractivity contribution is 5.91. The third-order valence-corrected chi connectivity index (χ3v) is 12.5. The fourth-order valence-electron chi connectivity index (χ4n) is 8.69. The third kappa shape index (κ3) is 13.5. The van der Waals surface area contributed by atoms with Gasteiger partial charge in [0.25, 0.3) is 0 Å². The summed E-state index contributed by atoms with van der Waals surface area (Å²) in [7, 11) is 8.03. The van der Waals surface area contributed by atoms with Crippen LogP contribution in [0.5, 0.6) is 11.5 Å². The minimum atomic E-state index is -1.29. The van der Waals surface area contributed by atoms with Crippen molar-refractivity contribution in [3.63, 3.8) is 0 Å². The van der Waals surface area contributed by atoms with Gasteiger partial charge in [-0.05, 0) is 90.4 Å². The lowest BCUT2D eigenvalue weighted by molar-refractivity contribution is -0.304. The average Bonchev–Trinajstić information content (AvgIpc) is 3.24. The Hall–Kier alpha value is -3.00. The Balaban J connectivity index is 1.68. The number of esters is 1. The van der Waals surface area contributed by atoms with Gasteiger partial charge in [-0.1, -0.05) is 38.5 Å². The van der Waals surface area contributed by atoms with E-state index in [4.69, 9.17) is 42.6 Å². The quantitative estimate of drug-likeness (QED) is 0.198. The van der Waals surface area contributed by atoms with E-state index >= 15 is 0 Å². The van der Waals surface area contributed by atoms with Crippen LogP contribution < -0.4 is 9.47 Å². The van der Waals surface area contributed by atoms with Crippen LogP contribution in [0.15, 0.2) is 48.1 Å². The maximum absolute atomic E-state index is 13.9. The number of rotatable bonds is 14. The van der Waals surface area contributed by atoms with Crippen molar-refractivity contribution in [2.45, 2.75) is 147 Å². The number of aliphatic hydroxyl groups is 4. The number of methoxy groups -OCH3 is 3. The largest absolute Gasteiger partial charge is 0.497 e. The molecule has 1 aromatic carbocycles. The van der Waals surface area contributed by atoms with Gasteiger partial charge in [0.05, 0.1) is 63.3 Å². The lowest BCUT2D eigenvalue weighted by Gasteiger charge is -2.46. The van der Waals surface area contributed by atoms with Crippen molar-refractivity contribution < 1.29 is 72.6 Å². The molecular formula is C46H73NO15. The summed E-state index contributed by atoms with van der Waals surface area (Å²) in [5, 5.41) is 45.1. The normalized spacial score (nSPS) is 39.4. The Kier molecular flexibility index (Phi) is 20.3. The van der Waals surface area contributed by atoms with Gasteiger partial charge in [0.2, 0.25) is 0 Å². The first-order valence-electron chi connectivity index (χ1n) is 21.8. The summed E-state index contributed by atoms with van der Waals surface area (Å²) < 4.78 is 53.8. The highest BCUT2D eigenvalue weighted by Crippen LogP contribution is 2.35. The fourth-order valence-corrected chi connectivity index (χ4v) is 8.69. The van der Waals surface area contributed by atoms with Gasteiger partial charge in [0.15, 0.2) is 18.4 Å². The number of hydrogen-bond donors (Lipinski definition) is 4. The molecule has 352 valence electrons. The van der Waals surface area contributed by atoms with Crippen LogP contribution in [0.2, 0.25) is 0 Å². The molecule has 2 saturated heterocycles. The van der Waals surface area contributed by atoms with Crippen LogP contribution in [0.3, 0.4) is 0 Å². The number of likely N-dealkylation sites (N-methyl/N-ethyl adjacent to an activating group) is 1. The zero-order chi connectivity index (χ0) is 45.8. The second-order valence-corrected chi connectivity index (χ2v) is 17.3. The highest BCUT2D eigenvalue weighted by Gasteiger charge is 2.48. The number of cyclic esters (lactones) is 1. The molecule has 0 unspecified atom stereocenters. The van der Waals surface area contributed by atoms with Crippen molar-refractivity contribution in [2.24, 2.45) is 23.7 Å². The summed E-state index contributed by atoms with van der Waals surface area (Å²) >= 11 is 0. The Morgan fingerprint density at radius 1 is 0.806 bits per heavy atom. The molecule has 0 saturated carbocycles. The molecule has 0 aromatic heterocycles. The number of allylic oxidation sites excluding steroid dienone is 3. The Bertz CT molecular complexity index is 1590. The van der Waals surface area contributed by atoms with E-state index in [0.29, 0.717) is 30.8 Å². The number of ketones is 1. The molecule has 1 aromatic rings. The number of aliphatic hydroxyl groups excluding tert-OH is 4. The van der Waals surface area contributed by atoms with Crippen LogP contribution in [0.4, 0.5) is 0 Å². The molecule has 4 N–H and O–H groups in total. The summed E-state index contributed by atoms with van der Waals surface area (Å²) in [5.74, 6) is -1.75. The Morgan fingerprint density at radius 2 is 1.44 bits per heavy atom. The fraction of sp³-hybridized carbons (Fsp3) is 0.739. The Morgan fingerprint density at radius 3 is 2.05 bits per heavy atom. The molecule has 0 amide bonds. The van der Waals surface area contributed by atoms with Crippen LogP contribution in [0.1, 0.15) is 67.2 Å². The number of ether oxygens (including phenoxy) is 9. The summed E-state index contributed by atoms with van der Waals surface area (Å²) in [6.45, 7) is 11.0. The van der Waals surface area contributed by atoms with Crippen LogP contribution >= 0.6 is 0 Å². The zero-order valence-electron chi connectivity index (χ0n) is 38.3. The molecule has 3 aliphatic rings. The van der Waals surface area contributed by atoms with E-state index in [9.17, 15) is 30.0 Å². The molecule has 16 nitrogen and oxygen atoms in total. The second kappa shape index (κ2) is 24.3. The summed E-state index contributed by atoms with van der Waals surface area (Å²) in [4.78, 5) is 29.4. The van der Waals surface area contributed by atoms with Gasteiger partial charge >= 0.3 is 5.97 Å². The average molecular weight is 880 g/mol. The molecule has 62 heavy (non-hydrogen) atoms. The van der Waals surface area contributed by atoms with Crippen molar-refractivity contribution in [2.75, 3.05) is 48.6 Å². The lowest BCUT2D eigenvalue weighted by Crippen LogP contribution is -2.63. The minimum Gasteiger partial charge on any atom is -0.497 e. The number of carbonyl (C=O) groups excluding carboxylic acids is 2. The van der Waals surface area contributed by atoms with E-state index in [1.807, 2.05) is 26.8 Å². The van der Waals surface area contributed by atoms with E-state index in [2.05, 4.69) is 0 Å². The molecule has 4 rings (SSSR count). The standard InChI is InChI=1S/C46H73NO15/c1-12-36-31(24-58-46-44(56-11)43(55-10)40(52)29(6)60-46)21-25(2)13-18-34(48)26(3)22-30(19-20-57-33-16-14-32(54-9)15-17-33)42(27(4)35(49)23-37(50)61-36)62-45-41(53)38(47(7)8)39(51)28(5)59-45/h13-18,21,26-31,35-36,38-46,49,51-53H,12,19-20,22-24H2,1-11H3/b18-13+,25-21+/t26-,27+,28-,29-,30+,31-,35-,36-,38+,39-,40-,41-,42-,43-,44-,45+,46-/m1/s1. The highest BCUT2D eigenvalue weighted by atomic mass is 16.7. The topological polar surface area (TPSA) is 201 Å². The first-order valence-corrected chi connectivity index (χ1v) is 21.8. The van der Waals surface area contributed by atoms with Gasteiger partial charge in [0.1, 0.15) is 42.0 Å². The minimum absolute atomic E-state index is 0.0189. The van der Waals surface area contributed by atoms with Gasteiger partial charge in [-0.15, -0.1) is 0 Å². The van der Waals surface area contributed by atoms with Gasteiger partial charge < -0.3 is 68.0 Å². The van der Waals surface area contributed by atoms with Crippen LogP contribution in [0, 0.1) is 23.7 Å². The number of nitrogens with zero attached hydrogens (tertiary/aromatic N) is 1. The maximum Gasteiger partial charge on any atom is 0.308 e. The molecular weight excluding hydrogens is 806 g/mol. The smallest absolute Gasteiger partial charge is 0.308 e. The van der Waals surface area contributed by atoms with Crippen molar-refractivity contribution in [3.05, 3.63) is 48.1 Å². The molecule has 0 spiro atoms. The van der Waals surface area contributed by atoms with Crippen LogP contribution in [-0.4, -0.2) is 165 Å². The van der Waals surface area contributed by atoms with E-state index in [1.165, 1.54) is 20.3 Å². The predicted octanol–water partition coefficient (Wildman–Crippen LogP) is 3.45. The monoisotopic (exact) mass is 879 g/mol. The molecule has 0 bridgehead atoms. The summed E-state index contributed by atoms with van der Waals surface area (Å²) in [6.07, 6.45) is -5.23. The molecule has 17 atom stereocenters. The van der Waals surface area contributed by atoms with E-state index in [1.54, 1.807) is 77.2 Å². The molecule has 3 heterocycles. The van der Waals surface area contributed by atoms with E-state index in [-0.39, 0.29) is 25.4 Å². The van der Waals surface area contributed by atoms with Crippen LogP contribution in [0.25, 0.3) is 0 Å². The number of benzene rings is 1. The van der Waals surface area contributed by atoms with Gasteiger partial charge in [-0.25, -0.2) is 0 Å². The molecule has 3 aliphatic heterocycles. The molecule has 0 aliphatic carbocycles. The SMILES string of the molecule is CC[C@H]1OC(=O)C[C@@H](O)[C@H](C)[C@@H](O[C@@H]2O[C@H](C)[C@@H](O)[C@H](N(C)C)[C@H]2O)[C@@H](CCOc2ccc(OC)cc2)C[C@@H](C)C(=O)/C=C/C(C)=C/[C@@H]1CO[C@@H]1O[C@H](C)[C@@H](O)[C@@H](OC)[C@H]1OC. The molecule has 0 radical (unpaired) electrons.